The molecule has 0 aliphatic heterocycles. The monoisotopic (exact) mass is 238 g/mol. The maximum Gasteiger partial charge on any atom is 0.413 e. The van der Waals surface area contributed by atoms with E-state index in [1.54, 1.807) is 13.8 Å². The van der Waals surface area contributed by atoms with Crippen LogP contribution in [0.15, 0.2) is 18.3 Å². The summed E-state index contributed by atoms with van der Waals surface area (Å²) < 4.78 is 9.39. The first-order valence-corrected chi connectivity index (χ1v) is 5.05. The Balaban J connectivity index is 2.62. The fourth-order valence-corrected chi connectivity index (χ4v) is 1.05. The molecule has 0 radical (unpaired) electrons. The number of aromatic nitrogens is 1. The van der Waals surface area contributed by atoms with E-state index in [9.17, 15) is 9.59 Å². The molecule has 0 spiro atoms. The lowest BCUT2D eigenvalue weighted by Crippen LogP contribution is -2.18. The van der Waals surface area contributed by atoms with E-state index in [0.29, 0.717) is 11.4 Å². The summed E-state index contributed by atoms with van der Waals surface area (Å²) in [6.45, 7) is 3.49. The maximum atomic E-state index is 11.2. The standard InChI is InChI=1S/C11H14N2O4/c1-7(2)17-11(15)13-9-5-4-8(6-12-9)10(14)16-3/h4-7H,1-3H3,(H,12,13,15). The van der Waals surface area contributed by atoms with Gasteiger partial charge in [-0.05, 0) is 26.0 Å². The van der Waals surface area contributed by atoms with E-state index < -0.39 is 12.1 Å². The predicted molar refractivity (Wildman–Crippen MR) is 60.8 cm³/mol. The molecule has 92 valence electrons. The number of hydrogen-bond donors (Lipinski definition) is 1. The van der Waals surface area contributed by atoms with Crippen LogP contribution in [0.1, 0.15) is 24.2 Å². The molecule has 1 aromatic rings. The van der Waals surface area contributed by atoms with Gasteiger partial charge in [-0.2, -0.15) is 0 Å². The van der Waals surface area contributed by atoms with Crippen LogP contribution in [0.3, 0.4) is 0 Å². The van der Waals surface area contributed by atoms with Crippen LogP contribution in [0, 0.1) is 0 Å². The Hall–Kier alpha value is -2.11. The number of anilines is 1. The van der Waals surface area contributed by atoms with Gasteiger partial charge in [0.2, 0.25) is 0 Å². The zero-order chi connectivity index (χ0) is 12.8. The van der Waals surface area contributed by atoms with Crippen molar-refractivity contribution in [3.8, 4) is 0 Å². The molecule has 6 nitrogen and oxygen atoms in total. The number of methoxy groups -OCH3 is 1. The molecule has 0 aromatic carbocycles. The molecule has 0 unspecified atom stereocenters. The molecule has 1 heterocycles. The second-order valence-corrected chi connectivity index (χ2v) is 3.50. The summed E-state index contributed by atoms with van der Waals surface area (Å²) in [5, 5.41) is 2.43. The highest BCUT2D eigenvalue weighted by atomic mass is 16.6. The van der Waals surface area contributed by atoms with Gasteiger partial charge >= 0.3 is 12.1 Å². The van der Waals surface area contributed by atoms with Crippen LogP contribution in [0.5, 0.6) is 0 Å². The van der Waals surface area contributed by atoms with Gasteiger partial charge in [-0.3, -0.25) is 5.32 Å². The first-order valence-electron chi connectivity index (χ1n) is 5.05. The average Bonchev–Trinajstić information content (AvgIpc) is 2.28. The number of rotatable bonds is 3. The minimum absolute atomic E-state index is 0.204. The number of carbonyl (C=O) groups is 2. The highest BCUT2D eigenvalue weighted by Gasteiger charge is 2.08. The van der Waals surface area contributed by atoms with Crippen LogP contribution in [0.4, 0.5) is 10.6 Å². The second-order valence-electron chi connectivity index (χ2n) is 3.50. The Kier molecular flexibility index (Phi) is 4.45. The Labute approximate surface area is 98.9 Å². The normalized spacial score (nSPS) is 9.88. The summed E-state index contributed by atoms with van der Waals surface area (Å²) in [6, 6.07) is 3.00. The Morgan fingerprint density at radius 2 is 2.06 bits per heavy atom. The quantitative estimate of drug-likeness (QED) is 0.813. The zero-order valence-electron chi connectivity index (χ0n) is 9.89. The molecule has 6 heteroatoms. The number of nitrogens with zero attached hydrogens (tertiary/aromatic N) is 1. The second kappa shape index (κ2) is 5.83. The SMILES string of the molecule is COC(=O)c1ccc(NC(=O)OC(C)C)nc1. The number of carbonyl (C=O) groups excluding carboxylic acids is 2. The molecule has 1 N–H and O–H groups in total. The van der Waals surface area contributed by atoms with E-state index in [1.807, 2.05) is 0 Å². The number of amides is 1. The fourth-order valence-electron chi connectivity index (χ4n) is 1.05. The van der Waals surface area contributed by atoms with Crippen LogP contribution in [0.25, 0.3) is 0 Å². The summed E-state index contributed by atoms with van der Waals surface area (Å²) in [5.41, 5.74) is 0.315. The molecule has 0 atom stereocenters. The Morgan fingerprint density at radius 1 is 1.35 bits per heavy atom. The molecule has 0 aliphatic rings. The third-order valence-corrected chi connectivity index (χ3v) is 1.76. The largest absolute Gasteiger partial charge is 0.465 e. The van der Waals surface area contributed by atoms with E-state index >= 15 is 0 Å². The van der Waals surface area contributed by atoms with Gasteiger partial charge in [0, 0.05) is 6.20 Å². The van der Waals surface area contributed by atoms with Crippen LogP contribution < -0.4 is 5.32 Å². The maximum absolute atomic E-state index is 11.2. The van der Waals surface area contributed by atoms with Crippen molar-refractivity contribution in [1.82, 2.24) is 4.98 Å². The minimum atomic E-state index is -0.585. The summed E-state index contributed by atoms with van der Waals surface area (Å²) >= 11 is 0. The fraction of sp³-hybridized carbons (Fsp3) is 0.364. The lowest BCUT2D eigenvalue weighted by molar-refractivity contribution is 0.0600. The topological polar surface area (TPSA) is 77.5 Å². The third kappa shape index (κ3) is 4.10. The molecular weight excluding hydrogens is 224 g/mol. The molecule has 0 saturated carbocycles. The van der Waals surface area contributed by atoms with E-state index in [1.165, 1.54) is 25.4 Å². The predicted octanol–water partition coefficient (Wildman–Crippen LogP) is 1.83. The van der Waals surface area contributed by atoms with Crippen molar-refractivity contribution in [1.29, 1.82) is 0 Å². The van der Waals surface area contributed by atoms with Gasteiger partial charge in [0.1, 0.15) is 5.82 Å². The molecule has 17 heavy (non-hydrogen) atoms. The van der Waals surface area contributed by atoms with Crippen molar-refractivity contribution >= 4 is 17.9 Å². The highest BCUT2D eigenvalue weighted by molar-refractivity contribution is 5.89. The number of esters is 1. The van der Waals surface area contributed by atoms with Crippen LogP contribution in [-0.2, 0) is 9.47 Å². The molecule has 1 aromatic heterocycles. The zero-order valence-corrected chi connectivity index (χ0v) is 9.89. The van der Waals surface area contributed by atoms with Gasteiger partial charge in [0.15, 0.2) is 0 Å². The Morgan fingerprint density at radius 3 is 2.53 bits per heavy atom. The molecule has 0 fully saturated rings. The molecule has 0 saturated heterocycles. The first-order chi connectivity index (χ1) is 8.02. The lowest BCUT2D eigenvalue weighted by Gasteiger charge is -2.08. The smallest absolute Gasteiger partial charge is 0.413 e. The van der Waals surface area contributed by atoms with Gasteiger partial charge < -0.3 is 9.47 Å². The average molecular weight is 238 g/mol. The van der Waals surface area contributed by atoms with E-state index in [-0.39, 0.29) is 6.10 Å². The Bertz CT molecular complexity index is 400. The summed E-state index contributed by atoms with van der Waals surface area (Å²) in [7, 11) is 1.29. The number of nitrogens with one attached hydrogen (secondary N) is 1. The number of ether oxygens (including phenoxy) is 2. The van der Waals surface area contributed by atoms with Crippen LogP contribution >= 0.6 is 0 Å². The summed E-state index contributed by atoms with van der Waals surface area (Å²) in [5.74, 6) is -0.169. The van der Waals surface area contributed by atoms with Gasteiger partial charge in [-0.25, -0.2) is 14.6 Å². The van der Waals surface area contributed by atoms with Crippen molar-refractivity contribution in [3.63, 3.8) is 0 Å². The van der Waals surface area contributed by atoms with Crippen molar-refractivity contribution in [2.24, 2.45) is 0 Å². The van der Waals surface area contributed by atoms with Crippen molar-refractivity contribution in [2.75, 3.05) is 12.4 Å². The molecular formula is C11H14N2O4. The van der Waals surface area contributed by atoms with Crippen molar-refractivity contribution in [3.05, 3.63) is 23.9 Å². The van der Waals surface area contributed by atoms with Crippen LogP contribution in [-0.4, -0.2) is 30.3 Å². The number of pyridine rings is 1. The first kappa shape index (κ1) is 13.0. The van der Waals surface area contributed by atoms with Crippen molar-refractivity contribution < 1.29 is 19.1 Å². The summed E-state index contributed by atoms with van der Waals surface area (Å²) in [6.07, 6.45) is 0.527. The molecule has 0 bridgehead atoms. The van der Waals surface area contributed by atoms with Gasteiger partial charge in [-0.15, -0.1) is 0 Å². The molecule has 0 aliphatic carbocycles. The summed E-state index contributed by atoms with van der Waals surface area (Å²) in [4.78, 5) is 26.2. The molecule has 1 amide bonds. The van der Waals surface area contributed by atoms with Gasteiger partial charge in [0.05, 0.1) is 18.8 Å². The third-order valence-electron chi connectivity index (χ3n) is 1.76. The van der Waals surface area contributed by atoms with E-state index in [0.717, 1.165) is 0 Å². The van der Waals surface area contributed by atoms with Gasteiger partial charge in [0.25, 0.3) is 0 Å². The highest BCUT2D eigenvalue weighted by Crippen LogP contribution is 2.06. The van der Waals surface area contributed by atoms with E-state index in [4.69, 9.17) is 4.74 Å². The number of hydrogen-bond acceptors (Lipinski definition) is 5. The van der Waals surface area contributed by atoms with Crippen LogP contribution in [0.2, 0.25) is 0 Å². The minimum Gasteiger partial charge on any atom is -0.465 e. The lowest BCUT2D eigenvalue weighted by atomic mass is 10.3. The molecule has 1 rings (SSSR count). The van der Waals surface area contributed by atoms with E-state index in [2.05, 4.69) is 15.0 Å². The van der Waals surface area contributed by atoms with Crippen molar-refractivity contribution in [2.45, 2.75) is 20.0 Å². The van der Waals surface area contributed by atoms with Gasteiger partial charge in [-0.1, -0.05) is 0 Å².